The molecule has 0 aliphatic carbocycles. The van der Waals surface area contributed by atoms with Crippen molar-refractivity contribution in [3.63, 3.8) is 0 Å². The van der Waals surface area contributed by atoms with Crippen molar-refractivity contribution in [2.24, 2.45) is 0 Å². The predicted molar refractivity (Wildman–Crippen MR) is 90.1 cm³/mol. The summed E-state index contributed by atoms with van der Waals surface area (Å²) in [5, 5.41) is 11.9. The third kappa shape index (κ3) is 4.39. The Bertz CT molecular complexity index is 745. The molecule has 7 heteroatoms. The normalized spacial score (nSPS) is 11.5. The largest absolute Gasteiger partial charge is 0.495 e. The van der Waals surface area contributed by atoms with Crippen molar-refractivity contribution in [3.8, 4) is 11.5 Å². The number of carboxylic acid groups (broad SMARTS) is 1. The van der Waals surface area contributed by atoms with Gasteiger partial charge in [0.05, 0.1) is 12.1 Å². The van der Waals surface area contributed by atoms with Crippen LogP contribution in [-0.4, -0.2) is 30.2 Å². The Hall–Kier alpha value is -2.73. The Labute approximate surface area is 144 Å². The van der Waals surface area contributed by atoms with Crippen LogP contribution in [0.1, 0.15) is 17.3 Å². The lowest BCUT2D eigenvalue weighted by molar-refractivity contribution is -0.144. The minimum atomic E-state index is -1.06. The average Bonchev–Trinajstić information content (AvgIpc) is 2.55. The van der Waals surface area contributed by atoms with E-state index in [-0.39, 0.29) is 5.91 Å². The van der Waals surface area contributed by atoms with E-state index >= 15 is 0 Å². The Morgan fingerprint density at radius 3 is 2.38 bits per heavy atom. The maximum Gasteiger partial charge on any atom is 0.344 e. The highest BCUT2D eigenvalue weighted by Crippen LogP contribution is 2.27. The van der Waals surface area contributed by atoms with Gasteiger partial charge in [-0.05, 0) is 49.4 Å². The molecular weight excluding hydrogens is 334 g/mol. The number of aliphatic carboxylic acids is 1. The zero-order valence-electron chi connectivity index (χ0n) is 13.1. The summed E-state index contributed by atoms with van der Waals surface area (Å²) in [6, 6.07) is 11.1. The van der Waals surface area contributed by atoms with Gasteiger partial charge in [-0.1, -0.05) is 11.6 Å². The first-order valence-corrected chi connectivity index (χ1v) is 7.43. The van der Waals surface area contributed by atoms with Gasteiger partial charge in [0.1, 0.15) is 11.5 Å². The number of carboxylic acids is 1. The molecule has 2 aromatic rings. The van der Waals surface area contributed by atoms with E-state index in [2.05, 4.69) is 5.32 Å². The van der Waals surface area contributed by atoms with E-state index < -0.39 is 12.1 Å². The van der Waals surface area contributed by atoms with E-state index in [4.69, 9.17) is 26.2 Å². The Kier molecular flexibility index (Phi) is 5.65. The Morgan fingerprint density at radius 1 is 1.17 bits per heavy atom. The molecular formula is C17H16ClNO5. The molecule has 0 fully saturated rings. The van der Waals surface area contributed by atoms with Crippen LogP contribution in [0.25, 0.3) is 0 Å². The van der Waals surface area contributed by atoms with E-state index in [0.717, 1.165) is 0 Å². The lowest BCUT2D eigenvalue weighted by Crippen LogP contribution is -2.22. The molecule has 0 aliphatic heterocycles. The number of nitrogens with one attached hydrogen (secondary N) is 1. The summed E-state index contributed by atoms with van der Waals surface area (Å²) in [5.74, 6) is -0.500. The number of anilines is 1. The molecule has 0 bridgehead atoms. The minimum absolute atomic E-state index is 0.325. The van der Waals surface area contributed by atoms with E-state index in [1.807, 2.05) is 0 Å². The number of halogens is 1. The summed E-state index contributed by atoms with van der Waals surface area (Å²) in [5.41, 5.74) is 0.933. The summed E-state index contributed by atoms with van der Waals surface area (Å²) in [6.45, 7) is 1.43. The molecule has 1 amide bonds. The standard InChI is InChI=1S/C17H16ClNO5/c1-10(17(21)22)24-13-6-3-11(4-7-13)16(20)19-12-5-8-15(23-2)14(18)9-12/h3-10H,1-2H3,(H,19,20)(H,21,22)/t10-/m0/s1. The van der Waals surface area contributed by atoms with Gasteiger partial charge in [-0.25, -0.2) is 4.79 Å². The third-order valence-electron chi connectivity index (χ3n) is 3.19. The van der Waals surface area contributed by atoms with Gasteiger partial charge < -0.3 is 19.9 Å². The second-order valence-electron chi connectivity index (χ2n) is 4.93. The van der Waals surface area contributed by atoms with Gasteiger partial charge in [0.15, 0.2) is 6.10 Å². The highest BCUT2D eigenvalue weighted by molar-refractivity contribution is 6.32. The molecule has 0 spiro atoms. The number of amides is 1. The van der Waals surface area contributed by atoms with Crippen molar-refractivity contribution in [2.75, 3.05) is 12.4 Å². The van der Waals surface area contributed by atoms with Crippen LogP contribution in [0, 0.1) is 0 Å². The maximum atomic E-state index is 12.2. The highest BCUT2D eigenvalue weighted by Gasteiger charge is 2.13. The molecule has 0 radical (unpaired) electrons. The number of carbonyl (C=O) groups excluding carboxylic acids is 1. The van der Waals surface area contributed by atoms with Gasteiger partial charge in [-0.2, -0.15) is 0 Å². The molecule has 6 nitrogen and oxygen atoms in total. The van der Waals surface area contributed by atoms with Crippen LogP contribution in [0.2, 0.25) is 5.02 Å². The first-order chi connectivity index (χ1) is 11.4. The Morgan fingerprint density at radius 2 is 1.83 bits per heavy atom. The van der Waals surface area contributed by atoms with Crippen LogP contribution >= 0.6 is 11.6 Å². The number of ether oxygens (including phenoxy) is 2. The fraction of sp³-hybridized carbons (Fsp3) is 0.176. The van der Waals surface area contributed by atoms with Crippen LogP contribution < -0.4 is 14.8 Å². The molecule has 2 aromatic carbocycles. The molecule has 0 heterocycles. The van der Waals surface area contributed by atoms with Crippen LogP contribution in [0.4, 0.5) is 5.69 Å². The van der Waals surface area contributed by atoms with Crippen molar-refractivity contribution in [3.05, 3.63) is 53.1 Å². The highest BCUT2D eigenvalue weighted by atomic mass is 35.5. The number of benzene rings is 2. The predicted octanol–water partition coefficient (Wildman–Crippen LogP) is 3.45. The lowest BCUT2D eigenvalue weighted by Gasteiger charge is -2.11. The van der Waals surface area contributed by atoms with Gasteiger partial charge in [0, 0.05) is 11.3 Å². The first kappa shape index (κ1) is 17.6. The molecule has 0 saturated carbocycles. The second-order valence-corrected chi connectivity index (χ2v) is 5.33. The van der Waals surface area contributed by atoms with Gasteiger partial charge in [-0.15, -0.1) is 0 Å². The van der Waals surface area contributed by atoms with Crippen molar-refractivity contribution in [2.45, 2.75) is 13.0 Å². The molecule has 0 unspecified atom stereocenters. The monoisotopic (exact) mass is 349 g/mol. The summed E-state index contributed by atoms with van der Waals surface area (Å²) in [4.78, 5) is 22.9. The molecule has 0 saturated heterocycles. The number of rotatable bonds is 6. The maximum absolute atomic E-state index is 12.2. The van der Waals surface area contributed by atoms with E-state index in [9.17, 15) is 9.59 Å². The van der Waals surface area contributed by atoms with Crippen molar-refractivity contribution in [1.82, 2.24) is 0 Å². The molecule has 0 aromatic heterocycles. The molecule has 2 N–H and O–H groups in total. The summed E-state index contributed by atoms with van der Waals surface area (Å²) in [6.07, 6.45) is -0.967. The average molecular weight is 350 g/mol. The van der Waals surface area contributed by atoms with Crippen molar-refractivity contribution < 1.29 is 24.2 Å². The smallest absolute Gasteiger partial charge is 0.344 e. The lowest BCUT2D eigenvalue weighted by atomic mass is 10.2. The van der Waals surface area contributed by atoms with Gasteiger partial charge >= 0.3 is 5.97 Å². The Balaban J connectivity index is 2.05. The third-order valence-corrected chi connectivity index (χ3v) is 3.48. The number of hydrogen-bond donors (Lipinski definition) is 2. The van der Waals surface area contributed by atoms with Crippen molar-refractivity contribution >= 4 is 29.2 Å². The quantitative estimate of drug-likeness (QED) is 0.834. The van der Waals surface area contributed by atoms with E-state index in [0.29, 0.717) is 27.8 Å². The second kappa shape index (κ2) is 7.70. The van der Waals surface area contributed by atoms with Gasteiger partial charge in [0.25, 0.3) is 5.91 Å². The summed E-state index contributed by atoms with van der Waals surface area (Å²) >= 11 is 6.01. The first-order valence-electron chi connectivity index (χ1n) is 7.05. The minimum Gasteiger partial charge on any atom is -0.495 e. The zero-order chi connectivity index (χ0) is 17.7. The van der Waals surface area contributed by atoms with Crippen LogP contribution in [0.5, 0.6) is 11.5 Å². The van der Waals surface area contributed by atoms with E-state index in [1.54, 1.807) is 30.3 Å². The molecule has 24 heavy (non-hydrogen) atoms. The number of hydrogen-bond acceptors (Lipinski definition) is 4. The van der Waals surface area contributed by atoms with E-state index in [1.165, 1.54) is 26.2 Å². The van der Waals surface area contributed by atoms with Gasteiger partial charge in [-0.3, -0.25) is 4.79 Å². The van der Waals surface area contributed by atoms with Crippen LogP contribution in [0.15, 0.2) is 42.5 Å². The molecule has 2 rings (SSSR count). The number of methoxy groups -OCH3 is 1. The molecule has 0 aliphatic rings. The van der Waals surface area contributed by atoms with Gasteiger partial charge in [0.2, 0.25) is 0 Å². The zero-order valence-corrected chi connectivity index (χ0v) is 13.8. The molecule has 126 valence electrons. The number of carbonyl (C=O) groups is 2. The molecule has 1 atom stereocenters. The van der Waals surface area contributed by atoms with Crippen molar-refractivity contribution in [1.29, 1.82) is 0 Å². The fourth-order valence-corrected chi connectivity index (χ4v) is 2.14. The topological polar surface area (TPSA) is 84.9 Å². The summed E-state index contributed by atoms with van der Waals surface area (Å²) in [7, 11) is 1.51. The van der Waals surface area contributed by atoms with Crippen LogP contribution in [0.3, 0.4) is 0 Å². The van der Waals surface area contributed by atoms with Crippen LogP contribution in [-0.2, 0) is 4.79 Å². The SMILES string of the molecule is COc1ccc(NC(=O)c2ccc(O[C@@H](C)C(=O)O)cc2)cc1Cl. The fourth-order valence-electron chi connectivity index (χ4n) is 1.89. The summed E-state index contributed by atoms with van der Waals surface area (Å²) < 4.78 is 10.3.